The number of nitrogens with zero attached hydrogens (tertiary/aromatic N) is 4. The van der Waals surface area contributed by atoms with E-state index in [9.17, 15) is 14.4 Å². The van der Waals surface area contributed by atoms with Crippen LogP contribution in [0, 0.1) is 0 Å². The number of ether oxygens (including phenoxy) is 1. The third kappa shape index (κ3) is 7.41. The highest BCUT2D eigenvalue weighted by Crippen LogP contribution is 2.42. The maximum Gasteiger partial charge on any atom is 0.272 e. The number of rotatable bonds is 9. The van der Waals surface area contributed by atoms with Crippen molar-refractivity contribution in [3.05, 3.63) is 102 Å². The van der Waals surface area contributed by atoms with Gasteiger partial charge >= 0.3 is 0 Å². The molecule has 0 bridgehead atoms. The molecule has 0 atom stereocenters. The number of fused-ring (bicyclic) bond motifs is 3. The lowest BCUT2D eigenvalue weighted by Gasteiger charge is -2.14. The van der Waals surface area contributed by atoms with Crippen molar-refractivity contribution in [1.82, 2.24) is 19.0 Å². The van der Waals surface area contributed by atoms with Crippen LogP contribution in [0.1, 0.15) is 40.2 Å². The average Bonchev–Trinajstić information content (AvgIpc) is 3.99. The summed E-state index contributed by atoms with van der Waals surface area (Å²) in [6, 6.07) is 25.0. The van der Waals surface area contributed by atoms with Crippen LogP contribution in [0.3, 0.4) is 0 Å². The molecule has 1 aliphatic heterocycles. The number of hydrogen-bond acceptors (Lipinski definition) is 8. The summed E-state index contributed by atoms with van der Waals surface area (Å²) in [6.07, 6.45) is 4.46. The molecule has 1 saturated heterocycles. The SMILES string of the molecule is COc1cc(-c2csc3c(NC(=O)CCN4CCCC4)cnc(N)c23)ccc1NC(=O)c1cc2ccccc2n1C.Cn1c(C(=O)Cl)cc2ccccc21. The molecule has 0 aliphatic carbocycles. The number of aryl methyl sites for hydroxylation is 2. The van der Waals surface area contributed by atoms with Gasteiger partial charge in [0, 0.05) is 65.2 Å². The summed E-state index contributed by atoms with van der Waals surface area (Å²) in [7, 11) is 5.28. The number of pyridine rings is 1. The van der Waals surface area contributed by atoms with E-state index in [0.29, 0.717) is 40.8 Å². The van der Waals surface area contributed by atoms with E-state index in [-0.39, 0.29) is 11.8 Å². The lowest BCUT2D eigenvalue weighted by molar-refractivity contribution is -0.116. The molecular formula is C41H40ClN7O4S. The highest BCUT2D eigenvalue weighted by molar-refractivity contribution is 7.18. The third-order valence-electron chi connectivity index (χ3n) is 9.85. The molecule has 3 aromatic carbocycles. The van der Waals surface area contributed by atoms with Gasteiger partial charge < -0.3 is 35.1 Å². The molecule has 13 heteroatoms. The number of aromatic nitrogens is 3. The van der Waals surface area contributed by atoms with Gasteiger partial charge in [-0.2, -0.15) is 0 Å². The zero-order chi connectivity index (χ0) is 37.9. The van der Waals surface area contributed by atoms with Crippen molar-refractivity contribution >= 4 is 89.1 Å². The number of carbonyl (C=O) groups is 3. The summed E-state index contributed by atoms with van der Waals surface area (Å²) < 4.78 is 10.2. The minimum atomic E-state index is -0.418. The Bertz CT molecular complexity index is 2530. The highest BCUT2D eigenvalue weighted by atomic mass is 35.5. The molecule has 54 heavy (non-hydrogen) atoms. The van der Waals surface area contributed by atoms with Crippen molar-refractivity contribution in [3.63, 3.8) is 0 Å². The Labute approximate surface area is 321 Å². The highest BCUT2D eigenvalue weighted by Gasteiger charge is 2.20. The third-order valence-corrected chi connectivity index (χ3v) is 11.1. The van der Waals surface area contributed by atoms with Crippen LogP contribution < -0.4 is 21.1 Å². The van der Waals surface area contributed by atoms with Crippen LogP contribution in [-0.4, -0.2) is 62.8 Å². The fourth-order valence-electron chi connectivity index (χ4n) is 6.98. The van der Waals surface area contributed by atoms with Crippen molar-refractivity contribution in [3.8, 4) is 16.9 Å². The van der Waals surface area contributed by atoms with E-state index in [1.165, 1.54) is 24.2 Å². The number of halogens is 1. The second kappa shape index (κ2) is 15.7. The van der Waals surface area contributed by atoms with Crippen LogP contribution in [-0.2, 0) is 18.9 Å². The van der Waals surface area contributed by atoms with Crippen molar-refractivity contribution < 1.29 is 19.1 Å². The fourth-order valence-corrected chi connectivity index (χ4v) is 8.21. The molecule has 0 radical (unpaired) electrons. The maximum atomic E-state index is 13.2. The predicted octanol–water partition coefficient (Wildman–Crippen LogP) is 8.28. The number of amides is 2. The number of nitrogens with two attached hydrogens (primary N) is 1. The Morgan fingerprint density at radius 1 is 0.870 bits per heavy atom. The smallest absolute Gasteiger partial charge is 0.272 e. The monoisotopic (exact) mass is 761 g/mol. The summed E-state index contributed by atoms with van der Waals surface area (Å²) in [5.74, 6) is 0.646. The molecule has 1 fully saturated rings. The van der Waals surface area contributed by atoms with E-state index in [1.807, 2.05) is 96.8 Å². The molecular weight excluding hydrogens is 722 g/mol. The largest absolute Gasteiger partial charge is 0.495 e. The molecule has 1 aliphatic rings. The lowest BCUT2D eigenvalue weighted by atomic mass is 10.0. The van der Waals surface area contributed by atoms with Gasteiger partial charge in [-0.3, -0.25) is 14.4 Å². The topological polar surface area (TPSA) is 137 Å². The van der Waals surface area contributed by atoms with E-state index in [2.05, 4.69) is 20.5 Å². The number of thiophene rings is 1. The van der Waals surface area contributed by atoms with E-state index >= 15 is 0 Å². The normalized spacial score (nSPS) is 12.9. The number of nitrogens with one attached hydrogen (secondary N) is 2. The van der Waals surface area contributed by atoms with Crippen molar-refractivity contribution in [1.29, 1.82) is 0 Å². The van der Waals surface area contributed by atoms with Gasteiger partial charge in [0.25, 0.3) is 11.1 Å². The lowest BCUT2D eigenvalue weighted by Crippen LogP contribution is -2.25. The number of para-hydroxylation sites is 2. The minimum Gasteiger partial charge on any atom is -0.495 e. The first-order chi connectivity index (χ1) is 26.1. The Hall–Kier alpha value is -5.69. The van der Waals surface area contributed by atoms with Gasteiger partial charge in [0.15, 0.2) is 0 Å². The molecule has 4 N–H and O–H groups in total. The number of hydrogen-bond donors (Lipinski definition) is 3. The molecule has 7 aromatic rings. The number of benzene rings is 3. The molecule has 276 valence electrons. The summed E-state index contributed by atoms with van der Waals surface area (Å²) in [5, 5.41) is 10.4. The molecule has 4 aromatic heterocycles. The van der Waals surface area contributed by atoms with E-state index < -0.39 is 5.24 Å². The number of nitrogen functional groups attached to an aromatic ring is 1. The van der Waals surface area contributed by atoms with Gasteiger partial charge in [-0.1, -0.05) is 42.5 Å². The van der Waals surface area contributed by atoms with Crippen molar-refractivity contribution in [2.24, 2.45) is 14.1 Å². The zero-order valence-corrected chi connectivity index (χ0v) is 31.8. The second-order valence-corrected chi connectivity index (χ2v) is 14.4. The van der Waals surface area contributed by atoms with E-state index in [1.54, 1.807) is 23.9 Å². The summed E-state index contributed by atoms with van der Waals surface area (Å²) in [5.41, 5.74) is 12.4. The van der Waals surface area contributed by atoms with Gasteiger partial charge in [0.05, 0.1) is 29.4 Å². The van der Waals surface area contributed by atoms with Crippen LogP contribution in [0.15, 0.2) is 90.4 Å². The molecule has 11 nitrogen and oxygen atoms in total. The van der Waals surface area contributed by atoms with Crippen LogP contribution in [0.5, 0.6) is 5.75 Å². The Morgan fingerprint density at radius 3 is 2.17 bits per heavy atom. The number of likely N-dealkylation sites (tertiary alicyclic amines) is 1. The molecule has 5 heterocycles. The van der Waals surface area contributed by atoms with Gasteiger partial charge in [-0.25, -0.2) is 4.98 Å². The standard InChI is InChI=1S/C31H32N6O3S.C10H8ClNO/c1-36-24-8-4-3-7-20(24)15-25(36)31(39)35-22-10-9-19(16-26(22)40-2)21-18-41-29-23(17-33-30(32)28(21)29)34-27(38)11-14-37-12-5-6-13-37;1-12-8-5-3-2-4-7(8)6-9(12)10(11)13/h3-4,7-10,15-18H,5-6,11-14H2,1-2H3,(H2,32,33)(H,34,38)(H,35,39);2-6H,1H3. The van der Waals surface area contributed by atoms with Gasteiger partial charge in [-0.05, 0) is 79.5 Å². The number of anilines is 3. The van der Waals surface area contributed by atoms with Crippen molar-refractivity contribution in [2.45, 2.75) is 19.3 Å². The summed E-state index contributed by atoms with van der Waals surface area (Å²) in [4.78, 5) is 43.6. The number of methoxy groups -OCH3 is 1. The van der Waals surface area contributed by atoms with Crippen LogP contribution in [0.4, 0.5) is 17.2 Å². The molecule has 8 rings (SSSR count). The maximum absolute atomic E-state index is 13.2. The fraction of sp³-hybridized carbons (Fsp3) is 0.220. The number of carbonyl (C=O) groups excluding carboxylic acids is 3. The summed E-state index contributed by atoms with van der Waals surface area (Å²) >= 11 is 6.93. The first kappa shape index (κ1) is 36.7. The first-order valence-electron chi connectivity index (χ1n) is 17.6. The molecule has 0 saturated carbocycles. The Balaban J connectivity index is 0.000000291. The molecule has 0 unspecified atom stereocenters. The molecule has 2 amide bonds. The van der Waals surface area contributed by atoms with E-state index in [4.69, 9.17) is 22.1 Å². The van der Waals surface area contributed by atoms with Crippen LogP contribution >= 0.6 is 22.9 Å². The summed E-state index contributed by atoms with van der Waals surface area (Å²) in [6.45, 7) is 2.88. The zero-order valence-electron chi connectivity index (χ0n) is 30.2. The second-order valence-electron chi connectivity index (χ2n) is 13.2. The van der Waals surface area contributed by atoms with Crippen molar-refractivity contribution in [2.75, 3.05) is 43.1 Å². The first-order valence-corrected chi connectivity index (χ1v) is 18.8. The van der Waals surface area contributed by atoms with Crippen LogP contribution in [0.2, 0.25) is 0 Å². The predicted molar refractivity (Wildman–Crippen MR) is 219 cm³/mol. The van der Waals surface area contributed by atoms with E-state index in [0.717, 1.165) is 62.7 Å². The molecule has 0 spiro atoms. The van der Waals surface area contributed by atoms with Gasteiger partial charge in [0.2, 0.25) is 5.91 Å². The quantitative estimate of drug-likeness (QED) is 0.126. The van der Waals surface area contributed by atoms with Gasteiger partial charge in [-0.15, -0.1) is 11.3 Å². The Morgan fingerprint density at radius 2 is 1.52 bits per heavy atom. The minimum absolute atomic E-state index is 0.0346. The van der Waals surface area contributed by atoms with Crippen LogP contribution in [0.25, 0.3) is 43.0 Å². The Kier molecular flexibility index (Phi) is 10.7. The van der Waals surface area contributed by atoms with Gasteiger partial charge in [0.1, 0.15) is 23.0 Å². The average molecular weight is 762 g/mol.